The molecule has 0 spiro atoms. The summed E-state index contributed by atoms with van der Waals surface area (Å²) in [6.45, 7) is 0.466. The number of thiophene rings is 1. The van der Waals surface area contributed by atoms with Gasteiger partial charge in [0.25, 0.3) is 5.91 Å². The van der Waals surface area contributed by atoms with Crippen molar-refractivity contribution in [3.63, 3.8) is 0 Å². The van der Waals surface area contributed by atoms with E-state index in [-0.39, 0.29) is 11.7 Å². The molecule has 0 unspecified atom stereocenters. The first-order valence-electron chi connectivity index (χ1n) is 7.42. The summed E-state index contributed by atoms with van der Waals surface area (Å²) in [6, 6.07) is 15.3. The Balaban J connectivity index is 1.60. The molecule has 3 aromatic rings. The molecule has 3 rings (SSSR count). The normalized spacial score (nSPS) is 10.5. The second-order valence-corrected chi connectivity index (χ2v) is 6.98. The molecule has 4 nitrogen and oxygen atoms in total. The van der Waals surface area contributed by atoms with Gasteiger partial charge in [-0.15, -0.1) is 11.3 Å². The number of hydrogen-bond donors (Lipinski definition) is 2. The minimum Gasteiger partial charge on any atom is -0.383 e. The highest BCUT2D eigenvalue weighted by molar-refractivity contribution is 7.12. The zero-order valence-corrected chi connectivity index (χ0v) is 14.4. The number of carbonyl (C=O) groups is 1. The Hall–Kier alpha value is -2.37. The van der Waals surface area contributed by atoms with Crippen LogP contribution in [0.25, 0.3) is 0 Å². The monoisotopic (exact) mass is 357 g/mol. The first kappa shape index (κ1) is 16.5. The van der Waals surface area contributed by atoms with Crippen LogP contribution in [0.5, 0.6) is 0 Å². The highest BCUT2D eigenvalue weighted by Gasteiger charge is 2.10. The van der Waals surface area contributed by atoms with Crippen LogP contribution in [0.4, 0.5) is 5.82 Å². The van der Waals surface area contributed by atoms with E-state index in [4.69, 9.17) is 17.3 Å². The molecule has 0 bridgehead atoms. The number of aromatic nitrogens is 1. The van der Waals surface area contributed by atoms with Crippen molar-refractivity contribution in [3.8, 4) is 0 Å². The molecule has 0 aliphatic carbocycles. The summed E-state index contributed by atoms with van der Waals surface area (Å²) in [4.78, 5) is 18.4. The highest BCUT2D eigenvalue weighted by Crippen LogP contribution is 2.21. The number of hydrogen-bond acceptors (Lipinski definition) is 4. The van der Waals surface area contributed by atoms with Crippen molar-refractivity contribution < 1.29 is 4.79 Å². The second kappa shape index (κ2) is 7.47. The number of anilines is 1. The minimum atomic E-state index is -0.217. The van der Waals surface area contributed by atoms with Crippen LogP contribution in [0.3, 0.4) is 0 Å². The summed E-state index contributed by atoms with van der Waals surface area (Å²) >= 11 is 7.68. The lowest BCUT2D eigenvalue weighted by Gasteiger charge is -2.05. The fraction of sp³-hybridized carbons (Fsp3) is 0.111. The minimum absolute atomic E-state index is 0.217. The van der Waals surface area contributed by atoms with E-state index >= 15 is 0 Å². The van der Waals surface area contributed by atoms with Crippen molar-refractivity contribution in [3.05, 3.63) is 80.6 Å². The van der Waals surface area contributed by atoms with E-state index in [9.17, 15) is 4.79 Å². The standard InChI is InChI=1S/C18H16ClN3OS/c19-13-4-1-3-12(9-13)10-14-6-7-15(24-14)11-22-18(23)16-5-2-8-21-17(16)20/h1-9H,10-11H2,(H2,20,21)(H,22,23). The maximum atomic E-state index is 12.1. The number of rotatable bonds is 5. The van der Waals surface area contributed by atoms with Crippen molar-refractivity contribution in [1.29, 1.82) is 0 Å². The molecule has 6 heteroatoms. The molecule has 0 aliphatic rings. The topological polar surface area (TPSA) is 68.0 Å². The first-order chi connectivity index (χ1) is 11.6. The molecule has 1 amide bonds. The number of halogens is 1. The fourth-order valence-electron chi connectivity index (χ4n) is 2.33. The van der Waals surface area contributed by atoms with Crippen molar-refractivity contribution in [1.82, 2.24) is 10.3 Å². The number of carbonyl (C=O) groups excluding carboxylic acids is 1. The SMILES string of the molecule is Nc1ncccc1C(=O)NCc1ccc(Cc2cccc(Cl)c2)s1. The molecule has 0 aliphatic heterocycles. The third kappa shape index (κ3) is 4.13. The van der Waals surface area contributed by atoms with Crippen molar-refractivity contribution in [2.24, 2.45) is 0 Å². The van der Waals surface area contributed by atoms with Crippen LogP contribution >= 0.6 is 22.9 Å². The lowest BCUT2D eigenvalue weighted by Crippen LogP contribution is -2.23. The highest BCUT2D eigenvalue weighted by atomic mass is 35.5. The van der Waals surface area contributed by atoms with Crippen LogP contribution in [0.2, 0.25) is 5.02 Å². The number of benzene rings is 1. The van der Waals surface area contributed by atoms with Gasteiger partial charge in [0, 0.05) is 27.4 Å². The Kier molecular flexibility index (Phi) is 5.13. The van der Waals surface area contributed by atoms with Crippen molar-refractivity contribution in [2.45, 2.75) is 13.0 Å². The van der Waals surface area contributed by atoms with Crippen molar-refractivity contribution in [2.75, 3.05) is 5.73 Å². The third-order valence-electron chi connectivity index (χ3n) is 3.49. The van der Waals surface area contributed by atoms with Crippen LogP contribution in [0, 0.1) is 0 Å². The van der Waals surface area contributed by atoms with Crippen LogP contribution in [-0.4, -0.2) is 10.9 Å². The van der Waals surface area contributed by atoms with E-state index in [1.807, 2.05) is 24.3 Å². The van der Waals surface area contributed by atoms with E-state index < -0.39 is 0 Å². The fourth-order valence-corrected chi connectivity index (χ4v) is 3.54. The van der Waals surface area contributed by atoms with Gasteiger partial charge < -0.3 is 11.1 Å². The summed E-state index contributed by atoms with van der Waals surface area (Å²) in [5.41, 5.74) is 7.28. The number of nitrogens with one attached hydrogen (secondary N) is 1. The molecule has 2 aromatic heterocycles. The Labute approximate surface area is 149 Å². The molecule has 0 saturated heterocycles. The predicted molar refractivity (Wildman–Crippen MR) is 98.4 cm³/mol. The summed E-state index contributed by atoms with van der Waals surface area (Å²) in [5.74, 6) is 0.0215. The zero-order chi connectivity index (χ0) is 16.9. The molecular weight excluding hydrogens is 342 g/mol. The van der Waals surface area contributed by atoms with E-state index in [1.165, 1.54) is 10.4 Å². The van der Waals surface area contributed by atoms with Gasteiger partial charge in [-0.1, -0.05) is 23.7 Å². The van der Waals surface area contributed by atoms with Crippen LogP contribution in [0.1, 0.15) is 25.7 Å². The number of pyridine rings is 1. The number of nitrogens with zero attached hydrogens (tertiary/aromatic N) is 1. The van der Waals surface area contributed by atoms with Gasteiger partial charge in [-0.3, -0.25) is 4.79 Å². The van der Waals surface area contributed by atoms with Gasteiger partial charge in [0.15, 0.2) is 0 Å². The lowest BCUT2D eigenvalue weighted by molar-refractivity contribution is 0.0952. The second-order valence-electron chi connectivity index (χ2n) is 5.29. The van der Waals surface area contributed by atoms with E-state index in [1.54, 1.807) is 29.7 Å². The number of nitrogen functional groups attached to an aromatic ring is 1. The Morgan fingerprint density at radius 1 is 1.17 bits per heavy atom. The lowest BCUT2D eigenvalue weighted by atomic mass is 10.1. The molecular formula is C18H16ClN3OS. The van der Waals surface area contributed by atoms with Gasteiger partial charge in [-0.2, -0.15) is 0 Å². The molecule has 0 fully saturated rings. The molecule has 122 valence electrons. The Morgan fingerprint density at radius 3 is 2.79 bits per heavy atom. The molecule has 0 radical (unpaired) electrons. The van der Waals surface area contributed by atoms with Gasteiger partial charge in [0.2, 0.25) is 0 Å². The first-order valence-corrected chi connectivity index (χ1v) is 8.62. The maximum Gasteiger partial charge on any atom is 0.255 e. The average Bonchev–Trinajstić information content (AvgIpc) is 3.00. The summed E-state index contributed by atoms with van der Waals surface area (Å²) in [5, 5.41) is 3.61. The molecule has 3 N–H and O–H groups in total. The smallest absolute Gasteiger partial charge is 0.255 e. The van der Waals surface area contributed by atoms with Crippen LogP contribution < -0.4 is 11.1 Å². The van der Waals surface area contributed by atoms with Gasteiger partial charge in [-0.05, 0) is 42.0 Å². The van der Waals surface area contributed by atoms with Crippen LogP contribution in [-0.2, 0) is 13.0 Å². The zero-order valence-electron chi connectivity index (χ0n) is 12.8. The molecule has 2 heterocycles. The van der Waals surface area contributed by atoms with Crippen LogP contribution in [0.15, 0.2) is 54.7 Å². The summed E-state index contributed by atoms with van der Waals surface area (Å²) < 4.78 is 0. The van der Waals surface area contributed by atoms with E-state index in [0.717, 1.165) is 16.3 Å². The number of amides is 1. The molecule has 1 aromatic carbocycles. The predicted octanol–water partition coefficient (Wildman–Crippen LogP) is 3.90. The molecule has 0 atom stereocenters. The van der Waals surface area contributed by atoms with E-state index in [0.29, 0.717) is 12.1 Å². The van der Waals surface area contributed by atoms with Crippen molar-refractivity contribution >= 4 is 34.7 Å². The Bertz CT molecular complexity index is 863. The molecule has 24 heavy (non-hydrogen) atoms. The van der Waals surface area contributed by atoms with Gasteiger partial charge in [-0.25, -0.2) is 4.98 Å². The quantitative estimate of drug-likeness (QED) is 0.727. The van der Waals surface area contributed by atoms with Gasteiger partial charge in [0.1, 0.15) is 5.82 Å². The Morgan fingerprint density at radius 2 is 2.00 bits per heavy atom. The summed E-state index contributed by atoms with van der Waals surface area (Å²) in [6.07, 6.45) is 2.39. The average molecular weight is 358 g/mol. The third-order valence-corrected chi connectivity index (χ3v) is 4.81. The summed E-state index contributed by atoms with van der Waals surface area (Å²) in [7, 11) is 0. The van der Waals surface area contributed by atoms with E-state index in [2.05, 4.69) is 22.4 Å². The molecule has 0 saturated carbocycles. The van der Waals surface area contributed by atoms with Gasteiger partial charge in [0.05, 0.1) is 12.1 Å². The van der Waals surface area contributed by atoms with Gasteiger partial charge >= 0.3 is 0 Å². The largest absolute Gasteiger partial charge is 0.383 e. The maximum absolute atomic E-state index is 12.1. The number of nitrogens with two attached hydrogens (primary N) is 1.